The third-order valence-electron chi connectivity index (χ3n) is 9.76. The quantitative estimate of drug-likeness (QED) is 0.186. The number of fused-ring (bicyclic) bond motifs is 2. The number of rotatable bonds is 7. The number of hydrogen-bond donors (Lipinski definition) is 1. The van der Waals surface area contributed by atoms with Gasteiger partial charge in [-0.15, -0.1) is 11.3 Å². The molecule has 2 atom stereocenters. The molecule has 0 unspecified atom stereocenters. The highest BCUT2D eigenvalue weighted by atomic mass is 35.5. The van der Waals surface area contributed by atoms with E-state index in [1.54, 1.807) is 0 Å². The van der Waals surface area contributed by atoms with Crippen LogP contribution in [0.25, 0.3) is 43.1 Å². The molecule has 5 heterocycles. The number of thiazole rings is 1. The van der Waals surface area contributed by atoms with Crippen LogP contribution in [0.3, 0.4) is 0 Å². The Balaban J connectivity index is 1.30. The number of carboxylic acid groups (broad SMARTS) is 1. The summed E-state index contributed by atoms with van der Waals surface area (Å²) in [6.45, 7) is 12.1. The van der Waals surface area contributed by atoms with Gasteiger partial charge < -0.3 is 14.7 Å². The normalized spacial score (nSPS) is 19.1. The van der Waals surface area contributed by atoms with Crippen molar-refractivity contribution < 1.29 is 14.6 Å². The van der Waals surface area contributed by atoms with Crippen molar-refractivity contribution in [3.8, 4) is 21.8 Å². The first-order valence-corrected chi connectivity index (χ1v) is 17.9. The summed E-state index contributed by atoms with van der Waals surface area (Å²) in [5.74, 6) is -0.676. The molecular weight excluding hydrogens is 644 g/mol. The van der Waals surface area contributed by atoms with E-state index in [-0.39, 0.29) is 0 Å². The lowest BCUT2D eigenvalue weighted by atomic mass is 9.91. The zero-order valence-electron chi connectivity index (χ0n) is 28.5. The molecule has 0 spiro atoms. The maximum atomic E-state index is 12.7. The van der Waals surface area contributed by atoms with Crippen molar-refractivity contribution in [1.29, 1.82) is 0 Å². The van der Waals surface area contributed by atoms with Gasteiger partial charge in [-0.25, -0.2) is 14.8 Å². The summed E-state index contributed by atoms with van der Waals surface area (Å²) in [4.78, 5) is 28.1. The average molecular weight is 687 g/mol. The number of aromatic nitrogens is 4. The first-order valence-electron chi connectivity index (χ1n) is 16.7. The van der Waals surface area contributed by atoms with Crippen molar-refractivity contribution in [3.63, 3.8) is 0 Å². The van der Waals surface area contributed by atoms with Crippen molar-refractivity contribution in [1.82, 2.24) is 29.5 Å². The van der Waals surface area contributed by atoms with E-state index in [0.717, 1.165) is 86.8 Å². The minimum absolute atomic E-state index is 0.361. The number of aryl methyl sites for hydroxylation is 2. The highest BCUT2D eigenvalue weighted by Gasteiger charge is 2.34. The first-order chi connectivity index (χ1) is 22.9. The Hall–Kier alpha value is -3.41. The van der Waals surface area contributed by atoms with Gasteiger partial charge in [0.15, 0.2) is 6.10 Å². The summed E-state index contributed by atoms with van der Waals surface area (Å²) in [6, 6.07) is 14.3. The standard InChI is InChI=1S/C37H43ClN6O3S/c1-21-19-27-34(30(22-7-9-24(38)10-8-22)29(21)33(36(45)46)47-37(2,3)4)48-35(40-27)26-11-12-28-32(39-26)31(41-43(28)6)23-13-17-44(18-14-23)25-15-16-42(5)20-25/h7-12,19,23,25,33H,13-18,20H2,1-6H3,(H,45,46)/t25-,33+/m1/s1. The molecule has 2 aliphatic rings. The van der Waals surface area contributed by atoms with E-state index in [0.29, 0.717) is 22.5 Å². The van der Waals surface area contributed by atoms with Crippen LogP contribution in [-0.4, -0.2) is 85.5 Å². The monoisotopic (exact) mass is 686 g/mol. The van der Waals surface area contributed by atoms with E-state index < -0.39 is 17.7 Å². The number of halogens is 1. The summed E-state index contributed by atoms with van der Waals surface area (Å²) in [7, 11) is 4.21. The van der Waals surface area contributed by atoms with Gasteiger partial charge in [0.05, 0.1) is 32.7 Å². The minimum Gasteiger partial charge on any atom is -0.479 e. The molecule has 0 radical (unpaired) electrons. The van der Waals surface area contributed by atoms with Crippen LogP contribution in [0.15, 0.2) is 42.5 Å². The van der Waals surface area contributed by atoms with Crippen LogP contribution < -0.4 is 0 Å². The van der Waals surface area contributed by atoms with Gasteiger partial charge >= 0.3 is 5.97 Å². The lowest BCUT2D eigenvalue weighted by Crippen LogP contribution is -2.42. The highest BCUT2D eigenvalue weighted by Crippen LogP contribution is 2.44. The Labute approximate surface area is 290 Å². The maximum absolute atomic E-state index is 12.7. The van der Waals surface area contributed by atoms with Crippen LogP contribution in [0, 0.1) is 6.92 Å². The number of likely N-dealkylation sites (N-methyl/N-ethyl adjacent to an activating group) is 1. The van der Waals surface area contributed by atoms with Crippen molar-refractivity contribution in [2.24, 2.45) is 7.05 Å². The number of carbonyl (C=O) groups is 1. The number of nitrogens with zero attached hydrogens (tertiary/aromatic N) is 6. The lowest BCUT2D eigenvalue weighted by molar-refractivity contribution is -0.160. The number of hydrogen-bond acceptors (Lipinski definition) is 8. The molecule has 11 heteroatoms. The fourth-order valence-electron chi connectivity index (χ4n) is 7.45. The Morgan fingerprint density at radius 2 is 1.77 bits per heavy atom. The van der Waals surface area contributed by atoms with Crippen LogP contribution in [-0.2, 0) is 16.6 Å². The predicted molar refractivity (Wildman–Crippen MR) is 193 cm³/mol. The Morgan fingerprint density at radius 1 is 1.04 bits per heavy atom. The summed E-state index contributed by atoms with van der Waals surface area (Å²) >= 11 is 7.81. The molecule has 0 amide bonds. The summed E-state index contributed by atoms with van der Waals surface area (Å²) in [5.41, 5.74) is 7.00. The van der Waals surface area contributed by atoms with Gasteiger partial charge in [0.25, 0.3) is 0 Å². The zero-order valence-corrected chi connectivity index (χ0v) is 30.0. The lowest BCUT2D eigenvalue weighted by Gasteiger charge is -2.35. The van der Waals surface area contributed by atoms with Crippen LogP contribution in [0.2, 0.25) is 5.02 Å². The molecule has 0 bridgehead atoms. The summed E-state index contributed by atoms with van der Waals surface area (Å²) in [6.07, 6.45) is 2.24. The summed E-state index contributed by atoms with van der Waals surface area (Å²) in [5, 5.41) is 16.8. The maximum Gasteiger partial charge on any atom is 0.337 e. The molecule has 1 N–H and O–H groups in total. The molecule has 3 aromatic heterocycles. The number of benzene rings is 2. The van der Waals surface area contributed by atoms with Crippen molar-refractivity contribution in [3.05, 3.63) is 64.3 Å². The molecule has 48 heavy (non-hydrogen) atoms. The number of pyridine rings is 1. The van der Waals surface area contributed by atoms with E-state index in [1.165, 1.54) is 24.3 Å². The van der Waals surface area contributed by atoms with Gasteiger partial charge in [0, 0.05) is 41.7 Å². The van der Waals surface area contributed by atoms with Crippen molar-refractivity contribution in [2.45, 2.75) is 70.6 Å². The molecule has 0 saturated carbocycles. The second-order valence-electron chi connectivity index (χ2n) is 14.4. The topological polar surface area (TPSA) is 96.6 Å². The van der Waals surface area contributed by atoms with Crippen LogP contribution in [0.4, 0.5) is 0 Å². The van der Waals surface area contributed by atoms with Gasteiger partial charge in [-0.2, -0.15) is 5.10 Å². The van der Waals surface area contributed by atoms with Gasteiger partial charge in [-0.05, 0) is 115 Å². The molecule has 0 aliphatic carbocycles. The van der Waals surface area contributed by atoms with Gasteiger partial charge in [0.2, 0.25) is 0 Å². The fourth-order valence-corrected chi connectivity index (χ4v) is 8.67. The Morgan fingerprint density at radius 3 is 2.42 bits per heavy atom. The smallest absolute Gasteiger partial charge is 0.337 e. The molecule has 252 valence electrons. The number of piperidine rings is 1. The van der Waals surface area contributed by atoms with Crippen LogP contribution in [0.5, 0.6) is 0 Å². The van der Waals surface area contributed by atoms with E-state index in [2.05, 4.69) is 22.9 Å². The molecule has 9 nitrogen and oxygen atoms in total. The first kappa shape index (κ1) is 33.1. The molecule has 7 rings (SSSR count). The molecule has 2 aromatic carbocycles. The molecule has 2 fully saturated rings. The highest BCUT2D eigenvalue weighted by molar-refractivity contribution is 7.22. The molecule has 2 saturated heterocycles. The summed E-state index contributed by atoms with van der Waals surface area (Å²) < 4.78 is 9.02. The van der Waals surface area contributed by atoms with Gasteiger partial charge in [-0.1, -0.05) is 23.7 Å². The van der Waals surface area contributed by atoms with Gasteiger partial charge in [-0.3, -0.25) is 9.58 Å². The third-order valence-corrected chi connectivity index (χ3v) is 11.1. The SMILES string of the molecule is Cc1cc2nc(-c3ccc4c(n3)c(C3CCN([C@@H]5CCN(C)C5)CC3)nn4C)sc2c(-c2ccc(Cl)cc2)c1[C@H](OC(C)(C)C)C(=O)O. The van der Waals surface area contributed by atoms with E-state index in [9.17, 15) is 9.90 Å². The number of likely N-dealkylation sites (tertiary alicyclic amines) is 2. The number of aliphatic carboxylic acids is 1. The largest absolute Gasteiger partial charge is 0.479 e. The van der Waals surface area contributed by atoms with Gasteiger partial charge in [0.1, 0.15) is 10.5 Å². The third kappa shape index (κ3) is 6.36. The Kier molecular flexibility index (Phi) is 8.83. The van der Waals surface area contributed by atoms with E-state index in [4.69, 9.17) is 31.4 Å². The average Bonchev–Trinajstić information content (AvgIpc) is 3.76. The molecule has 5 aromatic rings. The number of ether oxygens (including phenoxy) is 1. The Bertz CT molecular complexity index is 1990. The zero-order chi connectivity index (χ0) is 33.9. The van der Waals surface area contributed by atoms with E-state index >= 15 is 0 Å². The predicted octanol–water partition coefficient (Wildman–Crippen LogP) is 7.70. The second-order valence-corrected chi connectivity index (χ2v) is 15.8. The minimum atomic E-state index is -1.17. The number of carboxylic acids is 1. The molecule has 2 aliphatic heterocycles. The van der Waals surface area contributed by atoms with Crippen LogP contribution >= 0.6 is 22.9 Å². The molecular formula is C37H43ClN6O3S. The fraction of sp³-hybridized carbons (Fsp3) is 0.459. The van der Waals surface area contributed by atoms with Crippen molar-refractivity contribution >= 4 is 50.2 Å². The second kappa shape index (κ2) is 12.8. The van der Waals surface area contributed by atoms with E-state index in [1.807, 2.05) is 75.8 Å². The van der Waals surface area contributed by atoms with Crippen molar-refractivity contribution in [2.75, 3.05) is 33.2 Å². The van der Waals surface area contributed by atoms with Crippen LogP contribution in [0.1, 0.15) is 68.9 Å².